The van der Waals surface area contributed by atoms with Crippen LogP contribution in [0.25, 0.3) is 111 Å². The predicted octanol–water partition coefficient (Wildman–Crippen LogP) is 8.53. The van der Waals surface area contributed by atoms with Crippen LogP contribution < -0.4 is 0 Å². The van der Waals surface area contributed by atoms with Gasteiger partial charge in [0.2, 0.25) is 23.0 Å². The number of aromatic nitrogens is 8. The highest BCUT2D eigenvalue weighted by Crippen LogP contribution is 2.41. The summed E-state index contributed by atoms with van der Waals surface area (Å²) in [4.78, 5) is 19.7. The molecule has 0 bridgehead atoms. The minimum atomic E-state index is 0.559. The van der Waals surface area contributed by atoms with E-state index in [0.29, 0.717) is 11.4 Å². The molecule has 8 aromatic heterocycles. The fraction of sp³-hybridized carbons (Fsp3) is 0.0526. The number of aryl methyl sites for hydroxylation is 2. The molecule has 0 radical (unpaired) electrons. The molecule has 10 nitrogen and oxygen atoms in total. The van der Waals surface area contributed by atoms with Gasteiger partial charge < -0.3 is 18.0 Å². The van der Waals surface area contributed by atoms with Crippen LogP contribution in [0.2, 0.25) is 0 Å². The molecule has 0 aliphatic rings. The molecule has 0 unspecified atom stereocenters. The summed E-state index contributed by atoms with van der Waals surface area (Å²) in [6.45, 7) is 0. The summed E-state index contributed by atoms with van der Waals surface area (Å²) in [5, 5.41) is 3.74. The van der Waals surface area contributed by atoms with Crippen molar-refractivity contribution in [2.45, 2.75) is 0 Å². The van der Waals surface area contributed by atoms with Crippen molar-refractivity contribution in [3.8, 4) is 11.1 Å². The SMILES string of the molecule is Cn1c2ccccc2n2c3ccc4c(oc5nccc(-c6cnc7oc8ccc9c(nc%10n(C)c%11ccccc%11n9%10)c8c7c6)c54)c3nc12. The Kier molecular flexibility index (Phi) is 4.18. The first-order valence-electron chi connectivity index (χ1n) is 15.8. The van der Waals surface area contributed by atoms with E-state index in [9.17, 15) is 0 Å². The Morgan fingerprint density at radius 1 is 0.562 bits per heavy atom. The Hall–Kier alpha value is -6.68. The molecule has 4 aromatic carbocycles. The molecule has 8 heterocycles. The van der Waals surface area contributed by atoms with Crippen LogP contribution in [-0.4, -0.2) is 37.9 Å². The van der Waals surface area contributed by atoms with Gasteiger partial charge in [0.15, 0.2) is 5.58 Å². The summed E-state index contributed by atoms with van der Waals surface area (Å²) in [5.41, 5.74) is 12.7. The van der Waals surface area contributed by atoms with E-state index in [1.165, 1.54) is 0 Å². The Morgan fingerprint density at radius 3 is 1.98 bits per heavy atom. The summed E-state index contributed by atoms with van der Waals surface area (Å²) < 4.78 is 21.4. The van der Waals surface area contributed by atoms with Crippen LogP contribution in [0.3, 0.4) is 0 Å². The van der Waals surface area contributed by atoms with Gasteiger partial charge in [0.25, 0.3) is 0 Å². The fourth-order valence-electron chi connectivity index (χ4n) is 7.96. The van der Waals surface area contributed by atoms with Crippen LogP contribution in [0.5, 0.6) is 0 Å². The van der Waals surface area contributed by atoms with Crippen molar-refractivity contribution in [2.75, 3.05) is 0 Å². The molecule has 0 saturated heterocycles. The monoisotopic (exact) mass is 622 g/mol. The normalized spacial score (nSPS) is 12.8. The van der Waals surface area contributed by atoms with Crippen molar-refractivity contribution < 1.29 is 8.83 Å². The molecule has 226 valence electrons. The van der Waals surface area contributed by atoms with Crippen molar-refractivity contribution in [3.05, 3.63) is 97.3 Å². The zero-order valence-electron chi connectivity index (χ0n) is 25.6. The van der Waals surface area contributed by atoms with E-state index in [4.69, 9.17) is 23.8 Å². The van der Waals surface area contributed by atoms with Gasteiger partial charge in [0, 0.05) is 37.4 Å². The molecule has 12 rings (SSSR count). The largest absolute Gasteiger partial charge is 0.438 e. The predicted molar refractivity (Wildman–Crippen MR) is 187 cm³/mol. The lowest BCUT2D eigenvalue weighted by Crippen LogP contribution is -1.87. The van der Waals surface area contributed by atoms with Gasteiger partial charge in [0.05, 0.1) is 49.3 Å². The third kappa shape index (κ3) is 2.77. The molecule has 48 heavy (non-hydrogen) atoms. The standard InChI is InChI=1S/C38H22N8O2/c1-43-23-7-3-5-9-25(23)45-27-13-14-29-31(32(27)41-37(43)45)22-17-19(18-40-35(22)47-29)20-15-16-39-36-30(20)21-11-12-28-33(34(21)48-36)42-38-44(2)24-8-4-6-10-26(24)46(28)38/h3-18H,1-2H3. The van der Waals surface area contributed by atoms with Crippen molar-refractivity contribution in [2.24, 2.45) is 14.1 Å². The zero-order valence-corrected chi connectivity index (χ0v) is 25.6. The third-order valence-electron chi connectivity index (χ3n) is 10.1. The number of para-hydroxylation sites is 4. The van der Waals surface area contributed by atoms with Crippen LogP contribution >= 0.6 is 0 Å². The lowest BCUT2D eigenvalue weighted by atomic mass is 10.0. The summed E-state index contributed by atoms with van der Waals surface area (Å²) in [6, 6.07) is 29.2. The van der Waals surface area contributed by atoms with Gasteiger partial charge in [-0.05, 0) is 66.2 Å². The van der Waals surface area contributed by atoms with Crippen LogP contribution in [0.4, 0.5) is 0 Å². The number of benzene rings is 4. The van der Waals surface area contributed by atoms with Gasteiger partial charge in [0.1, 0.15) is 16.6 Å². The topological polar surface area (TPSA) is 96.5 Å². The molecule has 0 amide bonds. The maximum Gasteiger partial charge on any atom is 0.228 e. The number of fused-ring (bicyclic) bond motifs is 18. The maximum atomic E-state index is 6.50. The van der Waals surface area contributed by atoms with E-state index in [1.807, 2.05) is 25.4 Å². The van der Waals surface area contributed by atoms with Crippen LogP contribution in [0.1, 0.15) is 0 Å². The van der Waals surface area contributed by atoms with E-state index >= 15 is 0 Å². The summed E-state index contributed by atoms with van der Waals surface area (Å²) >= 11 is 0. The first-order valence-corrected chi connectivity index (χ1v) is 15.8. The van der Waals surface area contributed by atoms with Crippen molar-refractivity contribution in [1.82, 2.24) is 37.9 Å². The Balaban J connectivity index is 1.12. The molecule has 12 aromatic rings. The number of pyridine rings is 2. The highest BCUT2D eigenvalue weighted by atomic mass is 16.3. The second-order valence-corrected chi connectivity index (χ2v) is 12.5. The van der Waals surface area contributed by atoms with E-state index in [0.717, 1.165) is 99.5 Å². The number of furan rings is 2. The molecular weight excluding hydrogens is 600 g/mol. The fourth-order valence-corrected chi connectivity index (χ4v) is 7.96. The number of hydrogen-bond acceptors (Lipinski definition) is 6. The number of hydrogen-bond donors (Lipinski definition) is 0. The van der Waals surface area contributed by atoms with Crippen molar-refractivity contribution in [1.29, 1.82) is 0 Å². The average Bonchev–Trinajstić information content (AvgIpc) is 3.95. The molecule has 0 spiro atoms. The minimum Gasteiger partial charge on any atom is -0.438 e. The Labute approximate surface area is 268 Å². The quantitative estimate of drug-likeness (QED) is 0.182. The second-order valence-electron chi connectivity index (χ2n) is 12.5. The van der Waals surface area contributed by atoms with E-state index < -0.39 is 0 Å². The average molecular weight is 623 g/mol. The van der Waals surface area contributed by atoms with Crippen molar-refractivity contribution in [3.63, 3.8) is 0 Å². The highest BCUT2D eigenvalue weighted by molar-refractivity contribution is 6.20. The molecule has 10 heteroatoms. The molecule has 0 aliphatic heterocycles. The zero-order chi connectivity index (χ0) is 31.4. The maximum absolute atomic E-state index is 6.50. The third-order valence-corrected chi connectivity index (χ3v) is 10.1. The number of imidazole rings is 4. The minimum absolute atomic E-state index is 0.559. The van der Waals surface area contributed by atoms with E-state index in [-0.39, 0.29) is 0 Å². The summed E-state index contributed by atoms with van der Waals surface area (Å²) in [6.07, 6.45) is 3.65. The molecule has 0 N–H and O–H groups in total. The summed E-state index contributed by atoms with van der Waals surface area (Å²) in [5.74, 6) is 1.74. The lowest BCUT2D eigenvalue weighted by Gasteiger charge is -2.03. The summed E-state index contributed by atoms with van der Waals surface area (Å²) in [7, 11) is 4.10. The first kappa shape index (κ1) is 24.5. The first-order chi connectivity index (χ1) is 23.6. The van der Waals surface area contributed by atoms with Gasteiger partial charge in [-0.2, -0.15) is 0 Å². The Morgan fingerprint density at radius 2 is 1.23 bits per heavy atom. The van der Waals surface area contributed by atoms with E-state index in [1.54, 1.807) is 6.20 Å². The van der Waals surface area contributed by atoms with Gasteiger partial charge >= 0.3 is 0 Å². The smallest absolute Gasteiger partial charge is 0.228 e. The molecule has 0 saturated carbocycles. The van der Waals surface area contributed by atoms with Crippen LogP contribution in [-0.2, 0) is 14.1 Å². The van der Waals surface area contributed by atoms with Gasteiger partial charge in [-0.1, -0.05) is 24.3 Å². The lowest BCUT2D eigenvalue weighted by molar-refractivity contribution is 0.654. The molecule has 0 aliphatic carbocycles. The van der Waals surface area contributed by atoms with Gasteiger partial charge in [-0.25, -0.2) is 19.9 Å². The van der Waals surface area contributed by atoms with Crippen LogP contribution in [0.15, 0.2) is 106 Å². The van der Waals surface area contributed by atoms with Crippen LogP contribution in [0, 0.1) is 0 Å². The number of rotatable bonds is 1. The van der Waals surface area contributed by atoms with E-state index in [2.05, 4.69) is 103 Å². The Bertz CT molecular complexity index is 3380. The second kappa shape index (κ2) is 8.18. The molecule has 0 fully saturated rings. The van der Waals surface area contributed by atoms with Gasteiger partial charge in [-0.3, -0.25) is 8.80 Å². The molecular formula is C38H22N8O2. The molecule has 0 atom stereocenters. The van der Waals surface area contributed by atoms with Gasteiger partial charge in [-0.15, -0.1) is 0 Å². The van der Waals surface area contributed by atoms with Crippen molar-refractivity contribution >= 4 is 99.8 Å². The number of nitrogens with zero attached hydrogens (tertiary/aromatic N) is 8. The highest BCUT2D eigenvalue weighted by Gasteiger charge is 2.23.